The highest BCUT2D eigenvalue weighted by Crippen LogP contribution is 2.27. The molecule has 8 heteroatoms. The van der Waals surface area contributed by atoms with Gasteiger partial charge in [0.25, 0.3) is 0 Å². The number of benzene rings is 1. The Labute approximate surface area is 181 Å². The minimum Gasteiger partial charge on any atom is -0.478 e. The van der Waals surface area contributed by atoms with E-state index in [0.717, 1.165) is 30.8 Å². The van der Waals surface area contributed by atoms with Gasteiger partial charge in [-0.05, 0) is 56.5 Å². The second kappa shape index (κ2) is 10.5. The Kier molecular flexibility index (Phi) is 8.62. The van der Waals surface area contributed by atoms with E-state index in [9.17, 15) is 9.59 Å². The first-order chi connectivity index (χ1) is 12.9. The van der Waals surface area contributed by atoms with E-state index in [0.29, 0.717) is 29.4 Å². The zero-order valence-electron chi connectivity index (χ0n) is 15.6. The van der Waals surface area contributed by atoms with Crippen LogP contribution in [0.5, 0.6) is 0 Å². The number of hydrogen-bond donors (Lipinski definition) is 1. The van der Waals surface area contributed by atoms with Crippen LogP contribution < -0.4 is 0 Å². The fourth-order valence-electron chi connectivity index (χ4n) is 3.95. The molecule has 3 rings (SSSR count). The molecule has 0 aliphatic carbocycles. The maximum atomic E-state index is 13.0. The lowest BCUT2D eigenvalue weighted by Crippen LogP contribution is -2.50. The molecule has 154 valence electrons. The number of likely N-dealkylation sites (tertiary alicyclic amines) is 2. The monoisotopic (exact) mass is 446 g/mol. The average Bonchev–Trinajstić information content (AvgIpc) is 3.11. The summed E-state index contributed by atoms with van der Waals surface area (Å²) in [6.07, 6.45) is 5.17. The van der Waals surface area contributed by atoms with Gasteiger partial charge in [0.15, 0.2) is 0 Å². The van der Waals surface area contributed by atoms with Crippen molar-refractivity contribution in [3.8, 4) is 0 Å². The molecule has 1 atom stereocenters. The van der Waals surface area contributed by atoms with Crippen LogP contribution in [0.4, 0.5) is 0 Å². The Balaban J connectivity index is 0.00000280. The topological polar surface area (TPSA) is 60.9 Å². The van der Waals surface area contributed by atoms with E-state index >= 15 is 0 Å². The molecular weight excluding hydrogens is 423 g/mol. The maximum absolute atomic E-state index is 13.0. The summed E-state index contributed by atoms with van der Waals surface area (Å²) in [6, 6.07) is 5.27. The Morgan fingerprint density at radius 2 is 1.86 bits per heavy atom. The fraction of sp³-hybridized carbons (Fsp3) is 0.500. The third-order valence-electron chi connectivity index (χ3n) is 5.27. The van der Waals surface area contributed by atoms with Gasteiger partial charge in [-0.1, -0.05) is 34.8 Å². The third kappa shape index (κ3) is 6.11. The van der Waals surface area contributed by atoms with Crippen molar-refractivity contribution in [2.75, 3.05) is 26.2 Å². The van der Waals surface area contributed by atoms with E-state index < -0.39 is 5.97 Å². The smallest absolute Gasteiger partial charge is 0.328 e. The summed E-state index contributed by atoms with van der Waals surface area (Å²) in [4.78, 5) is 28.3. The van der Waals surface area contributed by atoms with Crippen LogP contribution in [0.1, 0.15) is 31.2 Å². The highest BCUT2D eigenvalue weighted by molar-refractivity contribution is 6.42. The summed E-state index contributed by atoms with van der Waals surface area (Å²) in [5, 5.41) is 9.98. The number of nitrogens with zero attached hydrogens (tertiary/aromatic N) is 2. The van der Waals surface area contributed by atoms with Crippen molar-refractivity contribution >= 4 is 47.5 Å². The molecule has 0 saturated carbocycles. The zero-order valence-corrected chi connectivity index (χ0v) is 17.9. The molecule has 2 aliphatic heterocycles. The van der Waals surface area contributed by atoms with Crippen molar-refractivity contribution in [1.29, 1.82) is 0 Å². The van der Waals surface area contributed by atoms with Gasteiger partial charge in [-0.2, -0.15) is 0 Å². The molecule has 1 aromatic carbocycles. The predicted octanol–water partition coefficient (Wildman–Crippen LogP) is 4.06. The van der Waals surface area contributed by atoms with Crippen molar-refractivity contribution in [2.24, 2.45) is 0 Å². The van der Waals surface area contributed by atoms with Crippen molar-refractivity contribution in [3.63, 3.8) is 0 Å². The zero-order chi connectivity index (χ0) is 19.4. The quantitative estimate of drug-likeness (QED) is 0.692. The molecule has 1 N–H and O–H groups in total. The SMILES string of the molecule is Cl.O=C(O)C=C1CCN(C(=O)Cc2ccc(Cl)c(Cl)c2)C(CN2CCCC2)C1. The Morgan fingerprint density at radius 1 is 1.14 bits per heavy atom. The summed E-state index contributed by atoms with van der Waals surface area (Å²) in [5.41, 5.74) is 1.74. The number of hydrogen-bond acceptors (Lipinski definition) is 3. The number of aliphatic carboxylic acids is 1. The Morgan fingerprint density at radius 3 is 2.50 bits per heavy atom. The van der Waals surface area contributed by atoms with E-state index in [-0.39, 0.29) is 30.8 Å². The van der Waals surface area contributed by atoms with Crippen LogP contribution in [0, 0.1) is 0 Å². The van der Waals surface area contributed by atoms with Crippen molar-refractivity contribution < 1.29 is 14.7 Å². The standard InChI is InChI=1S/C20H24Cl2N2O3.ClH/c21-17-4-3-14(10-18(17)22)11-19(25)24-8-5-15(12-20(26)27)9-16(24)13-23-6-1-2-7-23;/h3-4,10,12,16H,1-2,5-9,11,13H2,(H,26,27);1H. The summed E-state index contributed by atoms with van der Waals surface area (Å²) < 4.78 is 0. The summed E-state index contributed by atoms with van der Waals surface area (Å²) in [6.45, 7) is 3.44. The number of carboxylic acid groups (broad SMARTS) is 1. The molecule has 2 fully saturated rings. The van der Waals surface area contributed by atoms with Crippen LogP contribution in [-0.2, 0) is 16.0 Å². The van der Waals surface area contributed by atoms with E-state index in [1.54, 1.807) is 12.1 Å². The molecule has 0 bridgehead atoms. The van der Waals surface area contributed by atoms with Crippen LogP contribution in [0.25, 0.3) is 0 Å². The number of carboxylic acids is 1. The lowest BCUT2D eigenvalue weighted by Gasteiger charge is -2.39. The number of carbonyl (C=O) groups is 2. The van der Waals surface area contributed by atoms with Crippen LogP contribution >= 0.6 is 35.6 Å². The second-order valence-electron chi connectivity index (χ2n) is 7.27. The largest absolute Gasteiger partial charge is 0.478 e. The molecule has 28 heavy (non-hydrogen) atoms. The van der Waals surface area contributed by atoms with E-state index in [1.165, 1.54) is 18.9 Å². The molecule has 0 radical (unpaired) electrons. The van der Waals surface area contributed by atoms with Gasteiger partial charge in [-0.15, -0.1) is 12.4 Å². The first-order valence-electron chi connectivity index (χ1n) is 9.30. The van der Waals surface area contributed by atoms with Crippen molar-refractivity contribution in [3.05, 3.63) is 45.5 Å². The molecule has 0 aromatic heterocycles. The normalized spacial score (nSPS) is 21.6. The average molecular weight is 448 g/mol. The van der Waals surface area contributed by atoms with Crippen molar-refractivity contribution in [2.45, 2.75) is 38.1 Å². The molecule has 1 aromatic rings. The van der Waals surface area contributed by atoms with Crippen LogP contribution in [-0.4, -0.2) is 59.0 Å². The van der Waals surface area contributed by atoms with Crippen LogP contribution in [0.15, 0.2) is 29.8 Å². The lowest BCUT2D eigenvalue weighted by molar-refractivity contribution is -0.133. The molecule has 0 spiro atoms. The summed E-state index contributed by atoms with van der Waals surface area (Å²) in [5.74, 6) is -0.868. The Bertz CT molecular complexity index is 748. The molecular formula is C20H25Cl3N2O3. The molecule has 1 amide bonds. The minimum absolute atomic E-state index is 0. The fourth-order valence-corrected chi connectivity index (χ4v) is 4.27. The number of halogens is 3. The maximum Gasteiger partial charge on any atom is 0.328 e. The number of rotatable bonds is 5. The predicted molar refractivity (Wildman–Crippen MR) is 114 cm³/mol. The van der Waals surface area contributed by atoms with Gasteiger partial charge in [-0.3, -0.25) is 4.79 Å². The molecule has 2 heterocycles. The van der Waals surface area contributed by atoms with Gasteiger partial charge in [0.05, 0.1) is 16.5 Å². The molecule has 2 saturated heterocycles. The third-order valence-corrected chi connectivity index (χ3v) is 6.01. The van der Waals surface area contributed by atoms with Gasteiger partial charge >= 0.3 is 5.97 Å². The highest BCUT2D eigenvalue weighted by atomic mass is 35.5. The van der Waals surface area contributed by atoms with E-state index in [1.807, 2.05) is 11.0 Å². The molecule has 2 aliphatic rings. The lowest BCUT2D eigenvalue weighted by atomic mass is 9.94. The van der Waals surface area contributed by atoms with E-state index in [2.05, 4.69) is 4.90 Å². The number of carbonyl (C=O) groups excluding carboxylic acids is 1. The molecule has 1 unspecified atom stereocenters. The van der Waals surface area contributed by atoms with Crippen LogP contribution in [0.2, 0.25) is 10.0 Å². The van der Waals surface area contributed by atoms with Gasteiger partial charge < -0.3 is 14.9 Å². The van der Waals surface area contributed by atoms with Gasteiger partial charge in [-0.25, -0.2) is 4.79 Å². The highest BCUT2D eigenvalue weighted by Gasteiger charge is 2.31. The number of piperidine rings is 1. The van der Waals surface area contributed by atoms with E-state index in [4.69, 9.17) is 28.3 Å². The minimum atomic E-state index is -0.916. The van der Waals surface area contributed by atoms with Gasteiger partial charge in [0.1, 0.15) is 0 Å². The van der Waals surface area contributed by atoms with Crippen LogP contribution in [0.3, 0.4) is 0 Å². The first-order valence-corrected chi connectivity index (χ1v) is 10.1. The van der Waals surface area contributed by atoms with Crippen molar-refractivity contribution in [1.82, 2.24) is 9.80 Å². The number of amides is 1. The first kappa shape index (κ1) is 23.0. The summed E-state index contributed by atoms with van der Waals surface area (Å²) >= 11 is 12.0. The Hall–Kier alpha value is -1.27. The molecule has 5 nitrogen and oxygen atoms in total. The van der Waals surface area contributed by atoms with Gasteiger partial charge in [0.2, 0.25) is 5.91 Å². The van der Waals surface area contributed by atoms with Gasteiger partial charge in [0, 0.05) is 25.2 Å². The summed E-state index contributed by atoms with van der Waals surface area (Å²) in [7, 11) is 0. The second-order valence-corrected chi connectivity index (χ2v) is 8.08.